The van der Waals surface area contributed by atoms with Crippen LogP contribution in [0.1, 0.15) is 32.9 Å². The Bertz CT molecular complexity index is 1140. The van der Waals surface area contributed by atoms with Crippen molar-refractivity contribution in [1.29, 1.82) is 0 Å². The SMILES string of the molecule is O=C(c1ccc2c(c1)OCCO2)N(Cc1cc(C(F)(F)F)cc(C(F)(F)F)c1)Cc1ncc[nH]1. The number of imidazole rings is 1. The third kappa shape index (κ3) is 5.26. The molecule has 2 heterocycles. The second-order valence-electron chi connectivity index (χ2n) is 7.47. The number of alkyl halides is 6. The van der Waals surface area contributed by atoms with E-state index in [1.807, 2.05) is 0 Å². The van der Waals surface area contributed by atoms with E-state index in [4.69, 9.17) is 9.47 Å². The molecule has 180 valence electrons. The number of amides is 1. The Balaban J connectivity index is 1.70. The normalized spacial score (nSPS) is 13.6. The highest BCUT2D eigenvalue weighted by Crippen LogP contribution is 2.37. The molecular formula is C22H17F6N3O3. The van der Waals surface area contributed by atoms with Gasteiger partial charge in [-0.15, -0.1) is 0 Å². The molecule has 1 amide bonds. The predicted molar refractivity (Wildman–Crippen MR) is 106 cm³/mol. The molecule has 1 aromatic heterocycles. The van der Waals surface area contributed by atoms with E-state index in [1.165, 1.54) is 30.6 Å². The second kappa shape index (κ2) is 8.92. The van der Waals surface area contributed by atoms with E-state index in [0.29, 0.717) is 36.1 Å². The number of aromatic nitrogens is 2. The minimum absolute atomic E-state index is 0.0447. The highest BCUT2D eigenvalue weighted by atomic mass is 19.4. The first-order chi connectivity index (χ1) is 16.0. The van der Waals surface area contributed by atoms with Crippen LogP contribution in [0.25, 0.3) is 0 Å². The van der Waals surface area contributed by atoms with Gasteiger partial charge in [-0.3, -0.25) is 4.79 Å². The first kappa shape index (κ1) is 23.5. The van der Waals surface area contributed by atoms with E-state index in [9.17, 15) is 31.1 Å². The number of rotatable bonds is 5. The third-order valence-electron chi connectivity index (χ3n) is 4.99. The molecule has 4 rings (SSSR count). The fourth-order valence-electron chi connectivity index (χ4n) is 3.45. The number of benzene rings is 2. The lowest BCUT2D eigenvalue weighted by Gasteiger charge is -2.24. The number of fused-ring (bicyclic) bond motifs is 1. The molecule has 1 N–H and O–H groups in total. The van der Waals surface area contributed by atoms with Crippen LogP contribution < -0.4 is 9.47 Å². The Morgan fingerprint density at radius 2 is 1.56 bits per heavy atom. The van der Waals surface area contributed by atoms with E-state index >= 15 is 0 Å². The summed E-state index contributed by atoms with van der Waals surface area (Å²) in [5.74, 6) is 0.398. The van der Waals surface area contributed by atoms with Crippen LogP contribution in [0, 0.1) is 0 Å². The number of aromatic amines is 1. The number of nitrogens with zero attached hydrogens (tertiary/aromatic N) is 2. The van der Waals surface area contributed by atoms with Gasteiger partial charge in [0.15, 0.2) is 11.5 Å². The molecule has 0 saturated heterocycles. The molecule has 3 aromatic rings. The van der Waals surface area contributed by atoms with Gasteiger partial charge in [0.2, 0.25) is 0 Å². The number of H-pyrrole nitrogens is 1. The fraction of sp³-hybridized carbons (Fsp3) is 0.273. The van der Waals surface area contributed by atoms with E-state index in [2.05, 4.69) is 9.97 Å². The van der Waals surface area contributed by atoms with E-state index < -0.39 is 35.9 Å². The van der Waals surface area contributed by atoms with E-state index in [1.54, 1.807) is 0 Å². The summed E-state index contributed by atoms with van der Waals surface area (Å²) in [5, 5.41) is 0. The van der Waals surface area contributed by atoms with Gasteiger partial charge in [-0.2, -0.15) is 26.3 Å². The number of hydrogen-bond donors (Lipinski definition) is 1. The smallest absolute Gasteiger partial charge is 0.416 e. The first-order valence-corrected chi connectivity index (χ1v) is 9.96. The van der Waals surface area contributed by atoms with Crippen molar-refractivity contribution in [2.75, 3.05) is 13.2 Å². The quantitative estimate of drug-likeness (QED) is 0.513. The van der Waals surface area contributed by atoms with Crippen LogP contribution in [0.3, 0.4) is 0 Å². The Kier molecular flexibility index (Phi) is 6.15. The van der Waals surface area contributed by atoms with Gasteiger partial charge in [0, 0.05) is 24.5 Å². The van der Waals surface area contributed by atoms with Crippen LogP contribution >= 0.6 is 0 Å². The summed E-state index contributed by atoms with van der Waals surface area (Å²) in [6.07, 6.45) is -7.11. The maximum Gasteiger partial charge on any atom is 0.416 e. The maximum atomic E-state index is 13.3. The van der Waals surface area contributed by atoms with Crippen molar-refractivity contribution in [3.8, 4) is 11.5 Å². The van der Waals surface area contributed by atoms with Crippen molar-refractivity contribution in [1.82, 2.24) is 14.9 Å². The van der Waals surface area contributed by atoms with Gasteiger partial charge in [0.1, 0.15) is 19.0 Å². The lowest BCUT2D eigenvalue weighted by molar-refractivity contribution is -0.143. The van der Waals surface area contributed by atoms with Gasteiger partial charge < -0.3 is 19.4 Å². The molecule has 2 aromatic carbocycles. The molecule has 0 aliphatic carbocycles. The molecule has 6 nitrogen and oxygen atoms in total. The van der Waals surface area contributed by atoms with Gasteiger partial charge in [0.05, 0.1) is 17.7 Å². The Morgan fingerprint density at radius 3 is 2.15 bits per heavy atom. The molecule has 0 radical (unpaired) electrons. The monoisotopic (exact) mass is 485 g/mol. The summed E-state index contributed by atoms with van der Waals surface area (Å²) >= 11 is 0. The Labute approximate surface area is 189 Å². The van der Waals surface area contributed by atoms with Crippen LogP contribution in [-0.2, 0) is 25.4 Å². The van der Waals surface area contributed by atoms with Crippen LogP contribution in [-0.4, -0.2) is 34.0 Å². The summed E-state index contributed by atoms with van der Waals surface area (Å²) < 4.78 is 90.5. The first-order valence-electron chi connectivity index (χ1n) is 9.96. The zero-order valence-corrected chi connectivity index (χ0v) is 17.3. The zero-order valence-electron chi connectivity index (χ0n) is 17.3. The molecule has 0 bridgehead atoms. The summed E-state index contributed by atoms with van der Waals surface area (Å²) in [6.45, 7) is -0.105. The second-order valence-corrected chi connectivity index (χ2v) is 7.47. The minimum Gasteiger partial charge on any atom is -0.486 e. The Morgan fingerprint density at radius 1 is 0.912 bits per heavy atom. The average Bonchev–Trinajstić information content (AvgIpc) is 3.29. The van der Waals surface area contributed by atoms with Crippen LogP contribution in [0.2, 0.25) is 0 Å². The summed E-state index contributed by atoms with van der Waals surface area (Å²) in [7, 11) is 0. The highest BCUT2D eigenvalue weighted by Gasteiger charge is 2.37. The molecule has 0 unspecified atom stereocenters. The maximum absolute atomic E-state index is 13.3. The Hall–Kier alpha value is -3.70. The van der Waals surface area contributed by atoms with E-state index in [0.717, 1.165) is 4.90 Å². The number of hydrogen-bond acceptors (Lipinski definition) is 4. The molecule has 34 heavy (non-hydrogen) atoms. The van der Waals surface area contributed by atoms with Crippen molar-refractivity contribution in [2.24, 2.45) is 0 Å². The molecule has 12 heteroatoms. The number of carbonyl (C=O) groups excluding carboxylic acids is 1. The summed E-state index contributed by atoms with van der Waals surface area (Å²) in [4.78, 5) is 21.1. The molecule has 0 spiro atoms. The average molecular weight is 485 g/mol. The fourth-order valence-corrected chi connectivity index (χ4v) is 3.45. The standard InChI is InChI=1S/C22H17F6N3O3/c23-21(24,25)15-7-13(8-16(10-15)22(26,27)28)11-31(12-19-29-3-4-30-19)20(32)14-1-2-17-18(9-14)34-6-5-33-17/h1-4,7-10H,5-6,11-12H2,(H,29,30). The summed E-state index contributed by atoms with van der Waals surface area (Å²) in [6, 6.07) is 5.61. The lowest BCUT2D eigenvalue weighted by Crippen LogP contribution is -2.31. The number of ether oxygens (including phenoxy) is 2. The number of carbonyl (C=O) groups is 1. The van der Waals surface area contributed by atoms with Gasteiger partial charge in [-0.1, -0.05) is 0 Å². The van der Waals surface area contributed by atoms with Crippen LogP contribution in [0.4, 0.5) is 26.3 Å². The van der Waals surface area contributed by atoms with Crippen molar-refractivity contribution < 1.29 is 40.6 Å². The largest absolute Gasteiger partial charge is 0.486 e. The number of halogens is 6. The van der Waals surface area contributed by atoms with Crippen LogP contribution in [0.15, 0.2) is 48.8 Å². The van der Waals surface area contributed by atoms with Crippen molar-refractivity contribution in [2.45, 2.75) is 25.4 Å². The van der Waals surface area contributed by atoms with E-state index in [-0.39, 0.29) is 30.3 Å². The molecule has 1 aliphatic rings. The number of nitrogens with one attached hydrogen (secondary N) is 1. The van der Waals surface area contributed by atoms with Crippen molar-refractivity contribution in [3.63, 3.8) is 0 Å². The molecule has 0 fully saturated rings. The van der Waals surface area contributed by atoms with Crippen molar-refractivity contribution in [3.05, 3.63) is 76.9 Å². The molecular weight excluding hydrogens is 468 g/mol. The van der Waals surface area contributed by atoms with Gasteiger partial charge in [-0.25, -0.2) is 4.98 Å². The van der Waals surface area contributed by atoms with Crippen molar-refractivity contribution >= 4 is 5.91 Å². The molecule has 0 saturated carbocycles. The topological polar surface area (TPSA) is 67.5 Å². The van der Waals surface area contributed by atoms with Gasteiger partial charge in [0.25, 0.3) is 5.91 Å². The minimum atomic E-state index is -5.00. The third-order valence-corrected chi connectivity index (χ3v) is 4.99. The zero-order chi connectivity index (χ0) is 24.5. The predicted octanol–water partition coefficient (Wildman–Crippen LogP) is 5.06. The highest BCUT2D eigenvalue weighted by molar-refractivity contribution is 5.95. The lowest BCUT2D eigenvalue weighted by atomic mass is 10.0. The molecule has 1 aliphatic heterocycles. The van der Waals surface area contributed by atoms with Gasteiger partial charge in [-0.05, 0) is 42.0 Å². The van der Waals surface area contributed by atoms with Crippen LogP contribution in [0.5, 0.6) is 11.5 Å². The molecule has 0 atom stereocenters. The van der Waals surface area contributed by atoms with Gasteiger partial charge >= 0.3 is 12.4 Å². The summed E-state index contributed by atoms with van der Waals surface area (Å²) in [5.41, 5.74) is -3.12.